The summed E-state index contributed by atoms with van der Waals surface area (Å²) >= 11 is 0. The van der Waals surface area contributed by atoms with Gasteiger partial charge in [0.2, 0.25) is 10.0 Å². The molecule has 0 saturated heterocycles. The first-order valence-electron chi connectivity index (χ1n) is 7.84. The number of benzene rings is 1. The molecule has 0 aromatic heterocycles. The van der Waals surface area contributed by atoms with Gasteiger partial charge in [0.05, 0.1) is 5.75 Å². The summed E-state index contributed by atoms with van der Waals surface area (Å²) in [6.07, 6.45) is 3.40. The van der Waals surface area contributed by atoms with E-state index in [1.165, 1.54) is 18.4 Å². The molecule has 1 fully saturated rings. The first-order chi connectivity index (χ1) is 10.0. The van der Waals surface area contributed by atoms with E-state index in [1.807, 2.05) is 38.1 Å². The molecule has 1 aliphatic rings. The minimum Gasteiger partial charge on any atom is -0.310 e. The van der Waals surface area contributed by atoms with Gasteiger partial charge in [-0.1, -0.05) is 38.1 Å². The van der Waals surface area contributed by atoms with Crippen molar-refractivity contribution >= 4 is 10.0 Å². The Hall–Kier alpha value is -0.910. The number of rotatable bonds is 9. The van der Waals surface area contributed by atoms with Gasteiger partial charge in [-0.2, -0.15) is 0 Å². The molecule has 21 heavy (non-hydrogen) atoms. The molecule has 118 valence electrons. The molecule has 0 heterocycles. The van der Waals surface area contributed by atoms with Crippen molar-refractivity contribution in [2.45, 2.75) is 51.4 Å². The van der Waals surface area contributed by atoms with Gasteiger partial charge in [-0.25, -0.2) is 12.7 Å². The van der Waals surface area contributed by atoms with Gasteiger partial charge in [0.1, 0.15) is 0 Å². The van der Waals surface area contributed by atoms with Crippen LogP contribution < -0.4 is 5.32 Å². The van der Waals surface area contributed by atoms with Crippen LogP contribution in [-0.4, -0.2) is 31.9 Å². The van der Waals surface area contributed by atoms with Crippen LogP contribution in [-0.2, 0) is 22.3 Å². The second-order valence-corrected chi connectivity index (χ2v) is 7.69. The molecule has 0 amide bonds. The number of hydrogen-bond donors (Lipinski definition) is 1. The van der Waals surface area contributed by atoms with E-state index in [0.29, 0.717) is 19.1 Å². The van der Waals surface area contributed by atoms with Gasteiger partial charge < -0.3 is 5.32 Å². The van der Waals surface area contributed by atoms with Crippen LogP contribution in [0.25, 0.3) is 0 Å². The fourth-order valence-electron chi connectivity index (χ4n) is 2.35. The van der Waals surface area contributed by atoms with Crippen LogP contribution in [0.4, 0.5) is 0 Å². The molecule has 0 unspecified atom stereocenters. The highest BCUT2D eigenvalue weighted by Gasteiger charge is 2.21. The fourth-order valence-corrected chi connectivity index (χ4v) is 4.00. The normalized spacial score (nSPS) is 15.6. The van der Waals surface area contributed by atoms with E-state index < -0.39 is 10.0 Å². The molecule has 1 aromatic carbocycles. The Kier molecular flexibility index (Phi) is 5.79. The van der Waals surface area contributed by atoms with Crippen LogP contribution in [0.5, 0.6) is 0 Å². The van der Waals surface area contributed by atoms with Crippen molar-refractivity contribution in [1.29, 1.82) is 0 Å². The molecule has 0 spiro atoms. The largest absolute Gasteiger partial charge is 0.310 e. The minimum atomic E-state index is -3.20. The summed E-state index contributed by atoms with van der Waals surface area (Å²) in [6, 6.07) is 8.60. The van der Waals surface area contributed by atoms with Crippen molar-refractivity contribution in [2.24, 2.45) is 0 Å². The summed E-state index contributed by atoms with van der Waals surface area (Å²) < 4.78 is 26.3. The lowest BCUT2D eigenvalue weighted by Crippen LogP contribution is -2.32. The summed E-state index contributed by atoms with van der Waals surface area (Å²) in [7, 11) is -3.20. The van der Waals surface area contributed by atoms with Crippen molar-refractivity contribution < 1.29 is 8.42 Å². The van der Waals surface area contributed by atoms with Crippen molar-refractivity contribution in [3.63, 3.8) is 0 Å². The standard InChI is InChI=1S/C16H26N2O2S/c1-3-11-18(4-2)21(19,20)13-15-7-5-14(6-8-15)12-17-16-9-10-16/h5-8,16-17H,3-4,9-13H2,1-2H3. The highest BCUT2D eigenvalue weighted by molar-refractivity contribution is 7.88. The molecule has 1 aromatic rings. The van der Waals surface area contributed by atoms with Crippen molar-refractivity contribution in [2.75, 3.05) is 13.1 Å². The Bertz CT molecular complexity index is 536. The fraction of sp³-hybridized carbons (Fsp3) is 0.625. The quantitative estimate of drug-likeness (QED) is 0.762. The molecule has 1 saturated carbocycles. The van der Waals surface area contributed by atoms with Gasteiger partial charge in [-0.15, -0.1) is 0 Å². The summed E-state index contributed by atoms with van der Waals surface area (Å²) in [4.78, 5) is 0. The molecular formula is C16H26N2O2S. The molecule has 0 bridgehead atoms. The number of hydrogen-bond acceptors (Lipinski definition) is 3. The molecule has 4 nitrogen and oxygen atoms in total. The Labute approximate surface area is 128 Å². The topological polar surface area (TPSA) is 49.4 Å². The SMILES string of the molecule is CCCN(CC)S(=O)(=O)Cc1ccc(CNC2CC2)cc1. The van der Waals surface area contributed by atoms with Crippen LogP contribution in [0, 0.1) is 0 Å². The lowest BCUT2D eigenvalue weighted by molar-refractivity contribution is 0.426. The maximum absolute atomic E-state index is 12.3. The molecule has 0 atom stereocenters. The van der Waals surface area contributed by atoms with Crippen molar-refractivity contribution in [3.05, 3.63) is 35.4 Å². The highest BCUT2D eigenvalue weighted by Crippen LogP contribution is 2.19. The smallest absolute Gasteiger partial charge is 0.218 e. The van der Waals surface area contributed by atoms with Gasteiger partial charge in [0, 0.05) is 25.7 Å². The third-order valence-corrected chi connectivity index (χ3v) is 5.69. The van der Waals surface area contributed by atoms with Crippen LogP contribution in [0.1, 0.15) is 44.2 Å². The average Bonchev–Trinajstić information content (AvgIpc) is 3.27. The molecule has 2 rings (SSSR count). The van der Waals surface area contributed by atoms with Crippen molar-refractivity contribution in [1.82, 2.24) is 9.62 Å². The van der Waals surface area contributed by atoms with E-state index in [9.17, 15) is 8.42 Å². The molecule has 1 N–H and O–H groups in total. The van der Waals surface area contributed by atoms with E-state index in [0.717, 1.165) is 18.5 Å². The first kappa shape index (κ1) is 16.5. The van der Waals surface area contributed by atoms with E-state index in [1.54, 1.807) is 4.31 Å². The first-order valence-corrected chi connectivity index (χ1v) is 9.45. The zero-order valence-corrected chi connectivity index (χ0v) is 13.8. The van der Waals surface area contributed by atoms with Crippen LogP contribution >= 0.6 is 0 Å². The predicted molar refractivity (Wildman–Crippen MR) is 86.5 cm³/mol. The Morgan fingerprint density at radius 2 is 1.76 bits per heavy atom. The van der Waals surface area contributed by atoms with E-state index >= 15 is 0 Å². The highest BCUT2D eigenvalue weighted by atomic mass is 32.2. The summed E-state index contributed by atoms with van der Waals surface area (Å²) in [6.45, 7) is 5.90. The Balaban J connectivity index is 1.94. The second kappa shape index (κ2) is 7.38. The van der Waals surface area contributed by atoms with E-state index in [2.05, 4.69) is 5.32 Å². The van der Waals surface area contributed by atoms with E-state index in [-0.39, 0.29) is 5.75 Å². The molecular weight excluding hydrogens is 284 g/mol. The van der Waals surface area contributed by atoms with Gasteiger partial charge in [-0.3, -0.25) is 0 Å². The van der Waals surface area contributed by atoms with Crippen molar-refractivity contribution in [3.8, 4) is 0 Å². The summed E-state index contributed by atoms with van der Waals surface area (Å²) in [5.41, 5.74) is 2.07. The maximum Gasteiger partial charge on any atom is 0.218 e. The summed E-state index contributed by atoms with van der Waals surface area (Å²) in [5, 5.41) is 3.46. The van der Waals surface area contributed by atoms with Gasteiger partial charge >= 0.3 is 0 Å². The summed E-state index contributed by atoms with van der Waals surface area (Å²) in [5.74, 6) is 0.0944. The zero-order valence-electron chi connectivity index (χ0n) is 13.0. The van der Waals surface area contributed by atoms with Crippen LogP contribution in [0.15, 0.2) is 24.3 Å². The number of sulfonamides is 1. The average molecular weight is 310 g/mol. The molecule has 0 aliphatic heterocycles. The van der Waals surface area contributed by atoms with Crippen LogP contribution in [0.3, 0.4) is 0 Å². The minimum absolute atomic E-state index is 0.0944. The number of nitrogens with zero attached hydrogens (tertiary/aromatic N) is 1. The third-order valence-electron chi connectivity index (χ3n) is 3.76. The van der Waals surface area contributed by atoms with Gasteiger partial charge in [0.25, 0.3) is 0 Å². The third kappa shape index (κ3) is 5.09. The lowest BCUT2D eigenvalue weighted by Gasteiger charge is -2.19. The monoisotopic (exact) mass is 310 g/mol. The molecule has 0 radical (unpaired) electrons. The lowest BCUT2D eigenvalue weighted by atomic mass is 10.1. The predicted octanol–water partition coefficient (Wildman–Crippen LogP) is 2.50. The number of nitrogens with one attached hydrogen (secondary N) is 1. The molecule has 5 heteroatoms. The van der Waals surface area contributed by atoms with Gasteiger partial charge in [-0.05, 0) is 30.4 Å². The maximum atomic E-state index is 12.3. The van der Waals surface area contributed by atoms with Crippen LogP contribution in [0.2, 0.25) is 0 Å². The zero-order chi connectivity index (χ0) is 15.3. The Morgan fingerprint density at radius 3 is 2.29 bits per heavy atom. The van der Waals surface area contributed by atoms with Gasteiger partial charge in [0.15, 0.2) is 0 Å². The molecule has 1 aliphatic carbocycles. The Morgan fingerprint density at radius 1 is 1.14 bits per heavy atom. The van der Waals surface area contributed by atoms with E-state index in [4.69, 9.17) is 0 Å². The second-order valence-electron chi connectivity index (χ2n) is 5.72.